The summed E-state index contributed by atoms with van der Waals surface area (Å²) in [4.78, 5) is 14.4. The maximum atomic E-state index is 11.2. The molecule has 0 fully saturated rings. The van der Waals surface area contributed by atoms with E-state index in [1.165, 1.54) is 17.5 Å². The zero-order valence-corrected chi connectivity index (χ0v) is 7.50. The van der Waals surface area contributed by atoms with Gasteiger partial charge in [0.25, 0.3) is 5.91 Å². The summed E-state index contributed by atoms with van der Waals surface area (Å²) in [6.45, 7) is 3.34. The third-order valence-electron chi connectivity index (χ3n) is 1.26. The Labute approximate surface area is 78.7 Å². The molecule has 1 rings (SSSR count). The van der Waals surface area contributed by atoms with Gasteiger partial charge in [0.2, 0.25) is 5.03 Å². The topological polar surface area (TPSA) is 79.0 Å². The van der Waals surface area contributed by atoms with Crippen molar-refractivity contribution < 1.29 is 9.35 Å². The number of pyridine rings is 1. The average molecular weight is 195 g/mol. The zero-order chi connectivity index (χ0) is 9.84. The molecule has 1 amide bonds. The minimum Gasteiger partial charge on any atom is -0.606 e. The van der Waals surface area contributed by atoms with E-state index in [2.05, 4.69) is 17.6 Å². The lowest BCUT2D eigenvalue weighted by Gasteiger charge is -2.02. The number of carbonyl (C=O) groups is 1. The van der Waals surface area contributed by atoms with Crippen LogP contribution in [0.3, 0.4) is 0 Å². The molecule has 0 aliphatic heterocycles. The number of carbonyl (C=O) groups excluding carboxylic acids is 1. The summed E-state index contributed by atoms with van der Waals surface area (Å²) in [5, 5.41) is 1.48. The van der Waals surface area contributed by atoms with Crippen LogP contribution in [0.1, 0.15) is 10.5 Å². The fourth-order valence-electron chi connectivity index (χ4n) is 0.695. The van der Waals surface area contributed by atoms with Crippen LogP contribution in [-0.2, 0) is 11.2 Å². The van der Waals surface area contributed by atoms with Crippen molar-refractivity contribution >= 4 is 17.1 Å². The van der Waals surface area contributed by atoms with Crippen LogP contribution in [-0.4, -0.2) is 15.4 Å². The summed E-state index contributed by atoms with van der Waals surface area (Å²) in [6.07, 6.45) is 0. The molecule has 0 bridgehead atoms. The molecule has 13 heavy (non-hydrogen) atoms. The van der Waals surface area contributed by atoms with Crippen molar-refractivity contribution in [3.63, 3.8) is 0 Å². The minimum atomic E-state index is -1.39. The van der Waals surface area contributed by atoms with Crippen LogP contribution in [0.2, 0.25) is 0 Å². The van der Waals surface area contributed by atoms with Gasteiger partial charge in [-0.05, 0) is 6.07 Å². The number of aromatic nitrogens is 1. The van der Waals surface area contributed by atoms with Crippen molar-refractivity contribution in [2.45, 2.75) is 5.03 Å². The molecule has 0 aliphatic carbocycles. The van der Waals surface area contributed by atoms with E-state index in [0.29, 0.717) is 0 Å². The maximum absolute atomic E-state index is 11.2. The monoisotopic (exact) mass is 195 g/mol. The van der Waals surface area contributed by atoms with Gasteiger partial charge in [-0.2, -0.15) is 4.98 Å². The third-order valence-corrected chi connectivity index (χ3v) is 2.20. The maximum Gasteiger partial charge on any atom is 0.268 e. The van der Waals surface area contributed by atoms with Gasteiger partial charge in [-0.3, -0.25) is 4.79 Å². The first-order valence-electron chi connectivity index (χ1n) is 3.37. The molecule has 1 unspecified atom stereocenters. The van der Waals surface area contributed by atoms with Crippen LogP contribution >= 0.6 is 0 Å². The molecule has 4 nitrogen and oxygen atoms in total. The fourth-order valence-corrected chi connectivity index (χ4v) is 1.25. The van der Waals surface area contributed by atoms with Crippen LogP contribution < -0.4 is 5.73 Å². The second kappa shape index (κ2) is 4.06. The van der Waals surface area contributed by atoms with Gasteiger partial charge in [0, 0.05) is 23.3 Å². The standard InChI is InChI=1S/C8H7N2O2S/c1-2-13(12)7-5-3-4-6(10-7)8(9)11/h2-3,5H,1H2,(H2,9,11). The molecule has 1 aromatic heterocycles. The molecular formula is C8H7N2O2S. The number of nitrogens with zero attached hydrogens (tertiary/aromatic N) is 1. The molecule has 67 valence electrons. The molecule has 0 spiro atoms. The first kappa shape index (κ1) is 9.76. The van der Waals surface area contributed by atoms with Gasteiger partial charge in [0.1, 0.15) is 11.1 Å². The number of hydrogen-bond acceptors (Lipinski definition) is 3. The number of amides is 1. The summed E-state index contributed by atoms with van der Waals surface area (Å²) >= 11 is -1.39. The molecule has 0 saturated heterocycles. The van der Waals surface area contributed by atoms with Crippen molar-refractivity contribution in [3.05, 3.63) is 35.9 Å². The Kier molecular flexibility index (Phi) is 3.05. The van der Waals surface area contributed by atoms with E-state index in [0.717, 1.165) is 0 Å². The number of primary amides is 1. The zero-order valence-electron chi connectivity index (χ0n) is 6.69. The molecule has 1 atom stereocenters. The predicted octanol–water partition coefficient (Wildman–Crippen LogP) is 0.232. The Bertz CT molecular complexity index is 341. The average Bonchev–Trinajstić information content (AvgIpc) is 2.17. The van der Waals surface area contributed by atoms with Gasteiger partial charge < -0.3 is 10.3 Å². The predicted molar refractivity (Wildman–Crippen MR) is 48.2 cm³/mol. The minimum absolute atomic E-state index is 0.0206. The quantitative estimate of drug-likeness (QED) is 0.701. The highest BCUT2D eigenvalue weighted by Crippen LogP contribution is 2.08. The Morgan fingerprint density at radius 2 is 2.54 bits per heavy atom. The van der Waals surface area contributed by atoms with Gasteiger partial charge in [0.05, 0.1) is 0 Å². The number of nitrogens with two attached hydrogens (primary N) is 1. The van der Waals surface area contributed by atoms with Gasteiger partial charge >= 0.3 is 0 Å². The lowest BCUT2D eigenvalue weighted by Crippen LogP contribution is -2.14. The van der Waals surface area contributed by atoms with E-state index >= 15 is 0 Å². The molecule has 1 radical (unpaired) electrons. The van der Waals surface area contributed by atoms with E-state index in [1.807, 2.05) is 0 Å². The van der Waals surface area contributed by atoms with E-state index in [1.54, 1.807) is 0 Å². The first-order chi connectivity index (χ1) is 6.15. The van der Waals surface area contributed by atoms with Gasteiger partial charge in [-0.1, -0.05) is 6.58 Å². The molecule has 1 aromatic rings. The van der Waals surface area contributed by atoms with E-state index in [4.69, 9.17) is 5.73 Å². The van der Waals surface area contributed by atoms with Crippen LogP contribution in [0.4, 0.5) is 0 Å². The van der Waals surface area contributed by atoms with Crippen LogP contribution in [0.5, 0.6) is 0 Å². The molecule has 1 heterocycles. The number of hydrogen-bond donors (Lipinski definition) is 1. The van der Waals surface area contributed by atoms with Crippen molar-refractivity contribution in [2.24, 2.45) is 5.73 Å². The summed E-state index contributed by atoms with van der Waals surface area (Å²) in [5.74, 6) is -0.692. The summed E-state index contributed by atoms with van der Waals surface area (Å²) in [6, 6.07) is 5.47. The van der Waals surface area contributed by atoms with Gasteiger partial charge in [-0.25, -0.2) is 0 Å². The normalized spacial score (nSPS) is 12.1. The molecule has 0 aromatic carbocycles. The SMILES string of the molecule is C=C[S+]([O-])c1cc[c]c(C(N)=O)n1. The second-order valence-corrected chi connectivity index (χ2v) is 3.45. The number of rotatable bonds is 3. The smallest absolute Gasteiger partial charge is 0.268 e. The molecular weight excluding hydrogens is 188 g/mol. The Hall–Kier alpha value is -1.33. The third kappa shape index (κ3) is 2.30. The Balaban J connectivity index is 3.04. The largest absolute Gasteiger partial charge is 0.606 e. The van der Waals surface area contributed by atoms with E-state index in [-0.39, 0.29) is 10.7 Å². The highest BCUT2D eigenvalue weighted by Gasteiger charge is 2.11. The van der Waals surface area contributed by atoms with Crippen molar-refractivity contribution in [3.8, 4) is 0 Å². The van der Waals surface area contributed by atoms with E-state index in [9.17, 15) is 9.35 Å². The van der Waals surface area contributed by atoms with Crippen LogP contribution in [0, 0.1) is 6.07 Å². The molecule has 2 N–H and O–H groups in total. The van der Waals surface area contributed by atoms with Gasteiger partial charge in [-0.15, -0.1) is 0 Å². The fraction of sp³-hybridized carbons (Fsp3) is 0. The van der Waals surface area contributed by atoms with Crippen LogP contribution in [0.15, 0.2) is 29.1 Å². The molecule has 5 heteroatoms. The van der Waals surface area contributed by atoms with Crippen LogP contribution in [0.25, 0.3) is 0 Å². The highest BCUT2D eigenvalue weighted by molar-refractivity contribution is 7.94. The second-order valence-electron chi connectivity index (χ2n) is 2.10. The van der Waals surface area contributed by atoms with Gasteiger partial charge in [0.15, 0.2) is 0 Å². The van der Waals surface area contributed by atoms with E-state index < -0.39 is 17.1 Å². The van der Waals surface area contributed by atoms with Crippen molar-refractivity contribution in [1.82, 2.24) is 4.98 Å². The summed E-state index contributed by atoms with van der Waals surface area (Å²) in [5.41, 5.74) is 4.95. The Morgan fingerprint density at radius 3 is 3.08 bits per heavy atom. The molecule has 0 aliphatic rings. The summed E-state index contributed by atoms with van der Waals surface area (Å²) < 4.78 is 11.2. The highest BCUT2D eigenvalue weighted by atomic mass is 32.2. The molecule has 0 saturated carbocycles. The van der Waals surface area contributed by atoms with Crippen molar-refractivity contribution in [2.75, 3.05) is 0 Å². The lowest BCUT2D eigenvalue weighted by atomic mass is 10.3. The first-order valence-corrected chi connectivity index (χ1v) is 4.58. The summed E-state index contributed by atoms with van der Waals surface area (Å²) in [7, 11) is 0. The van der Waals surface area contributed by atoms with Crippen molar-refractivity contribution in [1.29, 1.82) is 0 Å². The lowest BCUT2D eigenvalue weighted by molar-refractivity contribution is 0.0994. The Morgan fingerprint density at radius 1 is 1.85 bits per heavy atom.